The molecule has 0 amide bonds. The van der Waals surface area contributed by atoms with Gasteiger partial charge in [0, 0.05) is 10.0 Å². The number of halogens is 1. The van der Waals surface area contributed by atoms with E-state index in [1.807, 2.05) is 0 Å². The number of ether oxygens (including phenoxy) is 3. The van der Waals surface area contributed by atoms with Gasteiger partial charge in [0.2, 0.25) is 10.0 Å². The molecule has 0 atom stereocenters. The molecule has 0 saturated carbocycles. The lowest BCUT2D eigenvalue weighted by molar-refractivity contribution is 0.0471. The van der Waals surface area contributed by atoms with Crippen molar-refractivity contribution in [2.24, 2.45) is 0 Å². The third-order valence-electron chi connectivity index (χ3n) is 3.74. The first-order valence-electron chi connectivity index (χ1n) is 7.69. The van der Waals surface area contributed by atoms with Gasteiger partial charge in [0.1, 0.15) is 19.8 Å². The average Bonchev–Trinajstić information content (AvgIpc) is 2.66. The van der Waals surface area contributed by atoms with Crippen molar-refractivity contribution in [2.75, 3.05) is 20.3 Å². The number of nitrogens with one attached hydrogen (secondary N) is 1. The third-order valence-corrected chi connectivity index (χ3v) is 5.91. The van der Waals surface area contributed by atoms with E-state index in [0.29, 0.717) is 24.7 Å². The number of benzene rings is 2. The standard InChI is InChI=1S/C17H16BrNO6S/c1-19-26(21,22)13-4-2-11(3-5-13)17(20)25-10-12-8-15-16(9-14(12)18)24-7-6-23-15/h2-5,8-9,19H,6-7,10H2,1H3. The Morgan fingerprint density at radius 1 is 1.15 bits per heavy atom. The molecule has 0 saturated heterocycles. The molecule has 138 valence electrons. The zero-order chi connectivity index (χ0) is 18.7. The highest BCUT2D eigenvalue weighted by Crippen LogP contribution is 2.35. The maximum Gasteiger partial charge on any atom is 0.338 e. The van der Waals surface area contributed by atoms with Gasteiger partial charge in [-0.15, -0.1) is 0 Å². The van der Waals surface area contributed by atoms with Gasteiger partial charge in [-0.3, -0.25) is 0 Å². The molecule has 3 rings (SSSR count). The molecule has 0 spiro atoms. The predicted molar refractivity (Wildman–Crippen MR) is 96.9 cm³/mol. The highest BCUT2D eigenvalue weighted by Gasteiger charge is 2.17. The molecule has 9 heteroatoms. The van der Waals surface area contributed by atoms with Crippen LogP contribution in [0.15, 0.2) is 45.8 Å². The summed E-state index contributed by atoms with van der Waals surface area (Å²) < 4.78 is 42.6. The molecule has 1 aliphatic heterocycles. The molecule has 0 aromatic heterocycles. The van der Waals surface area contributed by atoms with Crippen LogP contribution in [-0.4, -0.2) is 34.6 Å². The van der Waals surface area contributed by atoms with Crippen molar-refractivity contribution in [2.45, 2.75) is 11.5 Å². The van der Waals surface area contributed by atoms with Crippen molar-refractivity contribution in [1.29, 1.82) is 0 Å². The number of carbonyl (C=O) groups excluding carboxylic acids is 1. The summed E-state index contributed by atoms with van der Waals surface area (Å²) in [6, 6.07) is 9.05. The Balaban J connectivity index is 1.69. The fourth-order valence-corrected chi connectivity index (χ4v) is 3.50. The van der Waals surface area contributed by atoms with Gasteiger partial charge in [-0.25, -0.2) is 17.9 Å². The Kier molecular flexibility index (Phi) is 5.49. The summed E-state index contributed by atoms with van der Waals surface area (Å²) in [5.41, 5.74) is 0.991. The summed E-state index contributed by atoms with van der Waals surface area (Å²) in [4.78, 5) is 12.3. The maximum absolute atomic E-state index is 12.2. The molecule has 7 nitrogen and oxygen atoms in total. The van der Waals surface area contributed by atoms with E-state index in [0.717, 1.165) is 10.0 Å². The van der Waals surface area contributed by atoms with Gasteiger partial charge in [0.15, 0.2) is 11.5 Å². The largest absolute Gasteiger partial charge is 0.486 e. The van der Waals surface area contributed by atoms with Gasteiger partial charge in [0.25, 0.3) is 0 Å². The summed E-state index contributed by atoms with van der Waals surface area (Å²) in [5, 5.41) is 0. The maximum atomic E-state index is 12.2. The normalized spacial score (nSPS) is 13.3. The van der Waals surface area contributed by atoms with E-state index in [9.17, 15) is 13.2 Å². The van der Waals surface area contributed by atoms with Gasteiger partial charge >= 0.3 is 5.97 Å². The number of hydrogen-bond donors (Lipinski definition) is 1. The summed E-state index contributed by atoms with van der Waals surface area (Å²) in [6.07, 6.45) is 0. The minimum absolute atomic E-state index is 0.0343. The molecule has 0 aliphatic carbocycles. The van der Waals surface area contributed by atoms with Crippen LogP contribution in [0.25, 0.3) is 0 Å². The Morgan fingerprint density at radius 2 is 1.77 bits per heavy atom. The second-order valence-corrected chi connectivity index (χ2v) is 8.14. The molecule has 0 fully saturated rings. The van der Waals surface area contributed by atoms with E-state index in [-0.39, 0.29) is 17.1 Å². The van der Waals surface area contributed by atoms with E-state index < -0.39 is 16.0 Å². The van der Waals surface area contributed by atoms with Crippen LogP contribution < -0.4 is 14.2 Å². The molecule has 1 heterocycles. The topological polar surface area (TPSA) is 90.9 Å². The van der Waals surface area contributed by atoms with Crippen LogP contribution in [0, 0.1) is 0 Å². The molecular formula is C17H16BrNO6S. The fourth-order valence-electron chi connectivity index (χ4n) is 2.33. The van der Waals surface area contributed by atoms with Crippen molar-refractivity contribution in [1.82, 2.24) is 4.72 Å². The van der Waals surface area contributed by atoms with E-state index in [2.05, 4.69) is 20.7 Å². The quantitative estimate of drug-likeness (QED) is 0.716. The SMILES string of the molecule is CNS(=O)(=O)c1ccc(C(=O)OCc2cc3c(cc2Br)OCCO3)cc1. The highest BCUT2D eigenvalue weighted by molar-refractivity contribution is 9.10. The minimum atomic E-state index is -3.54. The summed E-state index contributed by atoms with van der Waals surface area (Å²) >= 11 is 3.42. The first-order valence-corrected chi connectivity index (χ1v) is 9.97. The van der Waals surface area contributed by atoms with Crippen molar-refractivity contribution in [3.05, 3.63) is 52.0 Å². The molecule has 1 aliphatic rings. The van der Waals surface area contributed by atoms with Crippen LogP contribution in [0.5, 0.6) is 11.5 Å². The Morgan fingerprint density at radius 3 is 2.38 bits per heavy atom. The van der Waals surface area contributed by atoms with Crippen molar-refractivity contribution in [3.8, 4) is 11.5 Å². The molecular weight excluding hydrogens is 426 g/mol. The van der Waals surface area contributed by atoms with Gasteiger partial charge in [-0.2, -0.15) is 0 Å². The molecule has 0 bridgehead atoms. The highest BCUT2D eigenvalue weighted by atomic mass is 79.9. The van der Waals surface area contributed by atoms with E-state index in [1.54, 1.807) is 12.1 Å². The van der Waals surface area contributed by atoms with Crippen LogP contribution in [0.2, 0.25) is 0 Å². The first-order chi connectivity index (χ1) is 12.4. The average molecular weight is 442 g/mol. The summed E-state index contributed by atoms with van der Waals surface area (Å²) in [6.45, 7) is 0.995. The van der Waals surface area contributed by atoms with Crippen LogP contribution >= 0.6 is 15.9 Å². The predicted octanol–water partition coefficient (Wildman–Crippen LogP) is 2.49. The van der Waals surface area contributed by atoms with Crippen LogP contribution in [0.1, 0.15) is 15.9 Å². The smallest absolute Gasteiger partial charge is 0.338 e. The molecule has 26 heavy (non-hydrogen) atoms. The van der Waals surface area contributed by atoms with Crippen LogP contribution in [-0.2, 0) is 21.4 Å². The van der Waals surface area contributed by atoms with Crippen molar-refractivity contribution in [3.63, 3.8) is 0 Å². The van der Waals surface area contributed by atoms with Gasteiger partial charge in [0.05, 0.1) is 10.5 Å². The third kappa shape index (κ3) is 4.00. The lowest BCUT2D eigenvalue weighted by atomic mass is 10.2. The molecule has 2 aromatic rings. The van der Waals surface area contributed by atoms with Crippen LogP contribution in [0.3, 0.4) is 0 Å². The van der Waals surface area contributed by atoms with Gasteiger partial charge in [-0.1, -0.05) is 15.9 Å². The number of sulfonamides is 1. The molecule has 0 radical (unpaired) electrons. The van der Waals surface area contributed by atoms with Gasteiger partial charge < -0.3 is 14.2 Å². The zero-order valence-corrected chi connectivity index (χ0v) is 16.2. The number of fused-ring (bicyclic) bond motifs is 1. The molecule has 0 unspecified atom stereocenters. The van der Waals surface area contributed by atoms with Crippen molar-refractivity contribution >= 4 is 31.9 Å². The second-order valence-electron chi connectivity index (χ2n) is 5.40. The lowest BCUT2D eigenvalue weighted by Gasteiger charge is -2.19. The number of carbonyl (C=O) groups is 1. The van der Waals surface area contributed by atoms with E-state index in [1.165, 1.54) is 31.3 Å². The monoisotopic (exact) mass is 441 g/mol. The lowest BCUT2D eigenvalue weighted by Crippen LogP contribution is -2.18. The molecule has 2 aromatic carbocycles. The van der Waals surface area contributed by atoms with Gasteiger partial charge in [-0.05, 0) is 43.4 Å². The number of rotatable bonds is 5. The molecule has 1 N–H and O–H groups in total. The Labute approximate surface area is 159 Å². The second kappa shape index (κ2) is 7.65. The fraction of sp³-hybridized carbons (Fsp3) is 0.235. The van der Waals surface area contributed by atoms with E-state index >= 15 is 0 Å². The summed E-state index contributed by atoms with van der Waals surface area (Å²) in [5.74, 6) is 0.687. The number of hydrogen-bond acceptors (Lipinski definition) is 6. The van der Waals surface area contributed by atoms with Crippen LogP contribution in [0.4, 0.5) is 0 Å². The Hall–Kier alpha value is -2.10. The van der Waals surface area contributed by atoms with E-state index in [4.69, 9.17) is 14.2 Å². The minimum Gasteiger partial charge on any atom is -0.486 e. The zero-order valence-electron chi connectivity index (χ0n) is 13.8. The first kappa shape index (κ1) is 18.7. The van der Waals surface area contributed by atoms with Crippen molar-refractivity contribution < 1.29 is 27.4 Å². The summed E-state index contributed by atoms with van der Waals surface area (Å²) in [7, 11) is -2.22. The Bertz CT molecular complexity index is 927. The number of esters is 1.